The first-order chi connectivity index (χ1) is 7.70. The van der Waals surface area contributed by atoms with Gasteiger partial charge in [0, 0.05) is 6.08 Å². The van der Waals surface area contributed by atoms with E-state index in [1.807, 2.05) is 6.92 Å². The highest BCUT2D eigenvalue weighted by Gasteiger charge is 1.96. The molecule has 0 saturated heterocycles. The molecule has 0 atom stereocenters. The first-order valence-electron chi connectivity index (χ1n) is 5.34. The lowest BCUT2D eigenvalue weighted by Gasteiger charge is -1.99. The fraction of sp³-hybridized carbons (Fsp3) is 0.385. The maximum absolute atomic E-state index is 11.2. The molecule has 0 aliphatic heterocycles. The van der Waals surface area contributed by atoms with E-state index in [1.54, 1.807) is 25.2 Å². The topological polar surface area (TPSA) is 43.4 Å². The quantitative estimate of drug-likeness (QED) is 0.219. The molecule has 0 bridgehead atoms. The van der Waals surface area contributed by atoms with Crippen LogP contribution in [0.4, 0.5) is 0 Å². The van der Waals surface area contributed by atoms with Crippen LogP contribution >= 0.6 is 0 Å². The van der Waals surface area contributed by atoms with Gasteiger partial charge in [0.1, 0.15) is 6.29 Å². The highest BCUT2D eigenvalue weighted by atomic mass is 16.5. The van der Waals surface area contributed by atoms with Crippen molar-refractivity contribution in [1.29, 1.82) is 0 Å². The van der Waals surface area contributed by atoms with Crippen LogP contribution in [-0.4, -0.2) is 18.9 Å². The molecule has 0 saturated carbocycles. The summed E-state index contributed by atoms with van der Waals surface area (Å²) in [7, 11) is 0. The van der Waals surface area contributed by atoms with Crippen LogP contribution in [0.3, 0.4) is 0 Å². The molecule has 0 aliphatic carbocycles. The monoisotopic (exact) mass is 222 g/mol. The van der Waals surface area contributed by atoms with E-state index in [0.717, 1.165) is 18.4 Å². The van der Waals surface area contributed by atoms with Gasteiger partial charge < -0.3 is 4.74 Å². The van der Waals surface area contributed by atoms with Crippen molar-refractivity contribution in [2.75, 3.05) is 6.61 Å². The van der Waals surface area contributed by atoms with Crippen LogP contribution in [0, 0.1) is 0 Å². The van der Waals surface area contributed by atoms with E-state index in [-0.39, 0.29) is 5.97 Å². The average Bonchev–Trinajstić information content (AvgIpc) is 2.25. The van der Waals surface area contributed by atoms with Gasteiger partial charge in [0.25, 0.3) is 0 Å². The predicted octanol–water partition coefficient (Wildman–Crippen LogP) is 2.59. The number of carbonyl (C=O) groups is 2. The molecule has 0 rings (SSSR count). The molecule has 0 aliphatic rings. The third-order valence-corrected chi connectivity index (χ3v) is 1.75. The Kier molecular flexibility index (Phi) is 8.88. The van der Waals surface area contributed by atoms with Gasteiger partial charge >= 0.3 is 5.97 Å². The van der Waals surface area contributed by atoms with Crippen LogP contribution in [0.15, 0.2) is 36.0 Å². The summed E-state index contributed by atoms with van der Waals surface area (Å²) in [6, 6.07) is 0. The van der Waals surface area contributed by atoms with Gasteiger partial charge in [-0.1, -0.05) is 31.6 Å². The summed E-state index contributed by atoms with van der Waals surface area (Å²) in [4.78, 5) is 21.2. The third kappa shape index (κ3) is 8.94. The number of hydrogen-bond acceptors (Lipinski definition) is 3. The second kappa shape index (κ2) is 9.90. The van der Waals surface area contributed by atoms with Gasteiger partial charge in [-0.3, -0.25) is 4.79 Å². The fourth-order valence-electron chi connectivity index (χ4n) is 0.910. The van der Waals surface area contributed by atoms with Crippen molar-refractivity contribution >= 4 is 12.3 Å². The molecular weight excluding hydrogens is 204 g/mol. The summed E-state index contributed by atoms with van der Waals surface area (Å²) in [6.07, 6.45) is 10.4. The molecule has 0 heterocycles. The van der Waals surface area contributed by atoms with Gasteiger partial charge in [-0.2, -0.15) is 0 Å². The van der Waals surface area contributed by atoms with Crippen molar-refractivity contribution < 1.29 is 14.3 Å². The minimum absolute atomic E-state index is 0.324. The Bertz CT molecular complexity index is 298. The molecule has 0 spiro atoms. The molecule has 88 valence electrons. The summed E-state index contributed by atoms with van der Waals surface area (Å²) in [6.45, 7) is 4.30. The van der Waals surface area contributed by atoms with Crippen LogP contribution in [0.1, 0.15) is 26.7 Å². The largest absolute Gasteiger partial charge is 0.463 e. The van der Waals surface area contributed by atoms with E-state index in [0.29, 0.717) is 12.9 Å². The lowest BCUT2D eigenvalue weighted by atomic mass is 10.2. The molecule has 16 heavy (non-hydrogen) atoms. The Morgan fingerprint density at radius 1 is 1.25 bits per heavy atom. The zero-order chi connectivity index (χ0) is 12.2. The van der Waals surface area contributed by atoms with Gasteiger partial charge in [-0.05, 0) is 25.0 Å². The number of hydrogen-bond donors (Lipinski definition) is 0. The van der Waals surface area contributed by atoms with Crippen LogP contribution < -0.4 is 0 Å². The summed E-state index contributed by atoms with van der Waals surface area (Å²) in [5.74, 6) is -0.324. The van der Waals surface area contributed by atoms with Crippen molar-refractivity contribution in [3.05, 3.63) is 36.0 Å². The predicted molar refractivity (Wildman–Crippen MR) is 64.0 cm³/mol. The van der Waals surface area contributed by atoms with Crippen LogP contribution in [0.5, 0.6) is 0 Å². The zero-order valence-electron chi connectivity index (χ0n) is 9.81. The van der Waals surface area contributed by atoms with E-state index in [9.17, 15) is 9.59 Å². The molecule has 0 aromatic heterocycles. The molecule has 3 heteroatoms. The molecule has 0 radical (unpaired) electrons. The first kappa shape index (κ1) is 14.4. The molecule has 0 fully saturated rings. The average molecular weight is 222 g/mol. The lowest BCUT2D eigenvalue weighted by molar-refractivity contribution is -0.137. The van der Waals surface area contributed by atoms with Gasteiger partial charge in [0.2, 0.25) is 0 Å². The smallest absolute Gasteiger partial charge is 0.331 e. The maximum Gasteiger partial charge on any atom is 0.331 e. The first-order valence-corrected chi connectivity index (χ1v) is 5.34. The van der Waals surface area contributed by atoms with Crippen LogP contribution in [-0.2, 0) is 14.3 Å². The molecule has 0 aromatic rings. The Morgan fingerprint density at radius 3 is 2.62 bits per heavy atom. The summed E-state index contributed by atoms with van der Waals surface area (Å²) in [5, 5.41) is 0. The van der Waals surface area contributed by atoms with Gasteiger partial charge in [0.15, 0.2) is 0 Å². The van der Waals surface area contributed by atoms with Gasteiger partial charge in [-0.25, -0.2) is 4.79 Å². The minimum Gasteiger partial charge on any atom is -0.463 e. The second-order valence-electron chi connectivity index (χ2n) is 3.29. The number of aldehydes is 1. The molecule has 0 amide bonds. The Balaban J connectivity index is 4.00. The fourth-order valence-corrected chi connectivity index (χ4v) is 0.910. The summed E-state index contributed by atoms with van der Waals surface area (Å²) in [5.41, 5.74) is 0.789. The summed E-state index contributed by atoms with van der Waals surface area (Å²) >= 11 is 0. The van der Waals surface area contributed by atoms with E-state index >= 15 is 0 Å². The highest BCUT2D eigenvalue weighted by molar-refractivity contribution is 5.83. The van der Waals surface area contributed by atoms with E-state index in [1.165, 1.54) is 12.2 Å². The van der Waals surface area contributed by atoms with Crippen LogP contribution in [0.25, 0.3) is 0 Å². The van der Waals surface area contributed by atoms with Crippen molar-refractivity contribution in [2.45, 2.75) is 26.7 Å². The maximum atomic E-state index is 11.2. The third-order valence-electron chi connectivity index (χ3n) is 1.75. The van der Waals surface area contributed by atoms with Crippen molar-refractivity contribution in [1.82, 2.24) is 0 Å². The zero-order valence-corrected chi connectivity index (χ0v) is 9.81. The number of esters is 1. The van der Waals surface area contributed by atoms with Crippen molar-refractivity contribution in [2.24, 2.45) is 0 Å². The number of unbranched alkanes of at least 4 members (excludes halogenated alkanes) is 1. The van der Waals surface area contributed by atoms with Gasteiger partial charge in [0.05, 0.1) is 6.61 Å². The number of ether oxygens (including phenoxy) is 1. The van der Waals surface area contributed by atoms with Crippen molar-refractivity contribution in [3.8, 4) is 0 Å². The Hall–Kier alpha value is -1.64. The van der Waals surface area contributed by atoms with Crippen LogP contribution in [0.2, 0.25) is 0 Å². The SMILES string of the molecule is CCCCOC(=O)/C=C(C)/C=C/C=C/C=O. The molecule has 0 unspecified atom stereocenters. The summed E-state index contributed by atoms with van der Waals surface area (Å²) < 4.78 is 4.96. The normalized spacial score (nSPS) is 12.2. The molecule has 0 aromatic carbocycles. The highest BCUT2D eigenvalue weighted by Crippen LogP contribution is 1.97. The van der Waals surface area contributed by atoms with Crippen molar-refractivity contribution in [3.63, 3.8) is 0 Å². The Labute approximate surface area is 96.5 Å². The second-order valence-corrected chi connectivity index (χ2v) is 3.29. The number of rotatable bonds is 7. The standard InChI is InChI=1S/C13H18O3/c1-3-4-10-16-13(15)11-12(2)8-6-5-7-9-14/h5-9,11H,3-4,10H2,1-2H3/b7-5+,8-6+,12-11+. The van der Waals surface area contributed by atoms with E-state index in [4.69, 9.17) is 4.74 Å². The lowest BCUT2D eigenvalue weighted by Crippen LogP contribution is -2.02. The molecular formula is C13H18O3. The van der Waals surface area contributed by atoms with E-state index < -0.39 is 0 Å². The van der Waals surface area contributed by atoms with E-state index in [2.05, 4.69) is 0 Å². The Morgan fingerprint density at radius 2 is 2.00 bits per heavy atom. The number of carbonyl (C=O) groups excluding carboxylic acids is 2. The molecule has 3 nitrogen and oxygen atoms in total. The minimum atomic E-state index is -0.324. The van der Waals surface area contributed by atoms with Gasteiger partial charge in [-0.15, -0.1) is 0 Å². The molecule has 0 N–H and O–H groups in total. The number of allylic oxidation sites excluding steroid dienone is 5.